The maximum atomic E-state index is 12.8. The van der Waals surface area contributed by atoms with Gasteiger partial charge in [0.05, 0.1) is 5.92 Å². The molecule has 0 bridgehead atoms. The third kappa shape index (κ3) is 2.72. The number of hydrogen-bond acceptors (Lipinski definition) is 3. The van der Waals surface area contributed by atoms with Crippen LogP contribution in [0, 0.1) is 11.8 Å². The molecule has 1 amide bonds. The second-order valence-electron chi connectivity index (χ2n) is 6.04. The van der Waals surface area contributed by atoms with E-state index in [1.807, 2.05) is 25.1 Å². The van der Waals surface area contributed by atoms with E-state index in [0.717, 1.165) is 15.8 Å². The van der Waals surface area contributed by atoms with Crippen LogP contribution in [-0.2, 0) is 9.59 Å². The second-order valence-corrected chi connectivity index (χ2v) is 6.96. The van der Waals surface area contributed by atoms with Crippen LogP contribution >= 0.6 is 15.9 Å². The Bertz CT molecular complexity index is 618. The van der Waals surface area contributed by atoms with Crippen LogP contribution in [0.1, 0.15) is 24.8 Å². The van der Waals surface area contributed by atoms with E-state index in [-0.39, 0.29) is 23.7 Å². The summed E-state index contributed by atoms with van der Waals surface area (Å²) in [5.74, 6) is -0.647. The molecule has 0 saturated carbocycles. The predicted molar refractivity (Wildman–Crippen MR) is 83.9 cm³/mol. The van der Waals surface area contributed by atoms with Gasteiger partial charge < -0.3 is 14.7 Å². The highest BCUT2D eigenvalue weighted by molar-refractivity contribution is 9.10. The van der Waals surface area contributed by atoms with Crippen molar-refractivity contribution in [2.75, 3.05) is 19.7 Å². The Hall–Kier alpha value is -1.56. The van der Waals surface area contributed by atoms with Gasteiger partial charge in [0, 0.05) is 23.1 Å². The van der Waals surface area contributed by atoms with Crippen molar-refractivity contribution in [2.45, 2.75) is 19.3 Å². The third-order valence-corrected chi connectivity index (χ3v) is 5.08. The molecule has 1 aromatic rings. The van der Waals surface area contributed by atoms with Crippen LogP contribution in [0.3, 0.4) is 0 Å². The first-order valence-electron chi connectivity index (χ1n) is 7.41. The summed E-state index contributed by atoms with van der Waals surface area (Å²) in [4.78, 5) is 25.7. The van der Waals surface area contributed by atoms with Crippen molar-refractivity contribution in [3.8, 4) is 5.75 Å². The van der Waals surface area contributed by atoms with Gasteiger partial charge in [-0.25, -0.2) is 0 Å². The molecule has 3 unspecified atom stereocenters. The Balaban J connectivity index is 1.74. The molecule has 22 heavy (non-hydrogen) atoms. The summed E-state index contributed by atoms with van der Waals surface area (Å²) in [6.45, 7) is 3.25. The molecular formula is C16H18BrNO4. The SMILES string of the molecule is CC1CN(C(=O)C2COc3ccc(Br)cc32)CCC1C(=O)O. The normalized spacial score (nSPS) is 27.2. The largest absolute Gasteiger partial charge is 0.492 e. The van der Waals surface area contributed by atoms with Gasteiger partial charge in [-0.05, 0) is 30.5 Å². The number of rotatable bonds is 2. The number of carboxylic acids is 1. The van der Waals surface area contributed by atoms with Crippen molar-refractivity contribution in [1.82, 2.24) is 4.90 Å². The van der Waals surface area contributed by atoms with Crippen LogP contribution in [0.15, 0.2) is 22.7 Å². The van der Waals surface area contributed by atoms with E-state index in [0.29, 0.717) is 26.1 Å². The summed E-state index contributed by atoms with van der Waals surface area (Å²) in [6, 6.07) is 5.69. The molecule has 2 aliphatic rings. The highest BCUT2D eigenvalue weighted by Crippen LogP contribution is 2.37. The van der Waals surface area contributed by atoms with Gasteiger partial charge in [0.1, 0.15) is 18.3 Å². The number of nitrogens with zero attached hydrogens (tertiary/aromatic N) is 1. The van der Waals surface area contributed by atoms with Gasteiger partial charge in [0.25, 0.3) is 0 Å². The quantitative estimate of drug-likeness (QED) is 0.871. The Morgan fingerprint density at radius 3 is 2.86 bits per heavy atom. The summed E-state index contributed by atoms with van der Waals surface area (Å²) in [5, 5.41) is 9.18. The van der Waals surface area contributed by atoms with Crippen LogP contribution in [0.5, 0.6) is 5.75 Å². The molecule has 5 nitrogen and oxygen atoms in total. The Kier molecular flexibility index (Phi) is 4.12. The maximum absolute atomic E-state index is 12.8. The van der Waals surface area contributed by atoms with E-state index in [4.69, 9.17) is 4.74 Å². The highest BCUT2D eigenvalue weighted by atomic mass is 79.9. The van der Waals surface area contributed by atoms with Crippen molar-refractivity contribution in [1.29, 1.82) is 0 Å². The van der Waals surface area contributed by atoms with Crippen molar-refractivity contribution < 1.29 is 19.4 Å². The molecular weight excluding hydrogens is 350 g/mol. The summed E-state index contributed by atoms with van der Waals surface area (Å²) >= 11 is 3.43. The van der Waals surface area contributed by atoms with E-state index in [1.165, 1.54) is 0 Å². The van der Waals surface area contributed by atoms with E-state index < -0.39 is 5.97 Å². The van der Waals surface area contributed by atoms with E-state index >= 15 is 0 Å². The number of aliphatic carboxylic acids is 1. The van der Waals surface area contributed by atoms with Crippen LogP contribution in [0.4, 0.5) is 0 Å². The first-order chi connectivity index (χ1) is 10.5. The molecule has 118 valence electrons. The number of halogens is 1. The molecule has 3 atom stereocenters. The fraction of sp³-hybridized carbons (Fsp3) is 0.500. The zero-order valence-corrected chi connectivity index (χ0v) is 13.9. The molecule has 0 aromatic heterocycles. The Labute approximate surface area is 137 Å². The molecule has 6 heteroatoms. The topological polar surface area (TPSA) is 66.8 Å². The van der Waals surface area contributed by atoms with Gasteiger partial charge >= 0.3 is 5.97 Å². The number of carboxylic acid groups (broad SMARTS) is 1. The number of ether oxygens (including phenoxy) is 1. The van der Waals surface area contributed by atoms with E-state index in [2.05, 4.69) is 15.9 Å². The number of hydrogen-bond donors (Lipinski definition) is 1. The lowest BCUT2D eigenvalue weighted by molar-refractivity contribution is -0.148. The van der Waals surface area contributed by atoms with Gasteiger partial charge in [-0.2, -0.15) is 0 Å². The zero-order chi connectivity index (χ0) is 15.9. The summed E-state index contributed by atoms with van der Waals surface area (Å²) in [6.07, 6.45) is 0.515. The van der Waals surface area contributed by atoms with E-state index in [1.54, 1.807) is 4.90 Å². The number of likely N-dealkylation sites (tertiary alicyclic amines) is 1. The van der Waals surface area contributed by atoms with Crippen molar-refractivity contribution in [3.05, 3.63) is 28.2 Å². The first-order valence-corrected chi connectivity index (χ1v) is 8.20. The Morgan fingerprint density at radius 1 is 1.41 bits per heavy atom. The average Bonchev–Trinajstić information content (AvgIpc) is 2.88. The molecule has 2 aliphatic heterocycles. The molecule has 1 N–H and O–H groups in total. The van der Waals surface area contributed by atoms with Crippen LogP contribution in [0.25, 0.3) is 0 Å². The number of amides is 1. The standard InChI is InChI=1S/C16H18BrNO4/c1-9-7-18(5-4-11(9)16(20)21)15(19)13-8-22-14-3-2-10(17)6-12(13)14/h2-3,6,9,11,13H,4-5,7-8H2,1H3,(H,20,21). The molecule has 3 rings (SSSR count). The summed E-state index contributed by atoms with van der Waals surface area (Å²) in [7, 11) is 0. The Morgan fingerprint density at radius 2 is 2.18 bits per heavy atom. The highest BCUT2D eigenvalue weighted by Gasteiger charge is 2.38. The minimum Gasteiger partial charge on any atom is -0.492 e. The lowest BCUT2D eigenvalue weighted by Gasteiger charge is -2.36. The van der Waals surface area contributed by atoms with Crippen molar-refractivity contribution in [3.63, 3.8) is 0 Å². The van der Waals surface area contributed by atoms with Crippen LogP contribution in [0.2, 0.25) is 0 Å². The van der Waals surface area contributed by atoms with Crippen LogP contribution in [-0.4, -0.2) is 41.6 Å². The predicted octanol–water partition coefficient (Wildman–Crippen LogP) is 2.49. The van der Waals surface area contributed by atoms with Gasteiger partial charge in [-0.15, -0.1) is 0 Å². The van der Waals surface area contributed by atoms with Gasteiger partial charge in [-0.1, -0.05) is 22.9 Å². The first kappa shape index (κ1) is 15.3. The van der Waals surface area contributed by atoms with Gasteiger partial charge in [0.15, 0.2) is 0 Å². The number of piperidine rings is 1. The number of carbonyl (C=O) groups is 2. The maximum Gasteiger partial charge on any atom is 0.306 e. The monoisotopic (exact) mass is 367 g/mol. The molecule has 0 aliphatic carbocycles. The van der Waals surface area contributed by atoms with Gasteiger partial charge in [-0.3, -0.25) is 9.59 Å². The number of benzene rings is 1. The molecule has 1 saturated heterocycles. The average molecular weight is 368 g/mol. The van der Waals surface area contributed by atoms with Crippen molar-refractivity contribution in [2.24, 2.45) is 11.8 Å². The minimum atomic E-state index is -0.766. The summed E-state index contributed by atoms with van der Waals surface area (Å²) < 4.78 is 6.53. The zero-order valence-electron chi connectivity index (χ0n) is 12.3. The van der Waals surface area contributed by atoms with Crippen molar-refractivity contribution >= 4 is 27.8 Å². The van der Waals surface area contributed by atoms with Gasteiger partial charge in [0.2, 0.25) is 5.91 Å². The fourth-order valence-corrected chi connectivity index (χ4v) is 3.70. The summed E-state index contributed by atoms with van der Waals surface area (Å²) in [5.41, 5.74) is 0.910. The fourth-order valence-electron chi connectivity index (χ4n) is 3.32. The molecule has 1 fully saturated rings. The third-order valence-electron chi connectivity index (χ3n) is 4.58. The second kappa shape index (κ2) is 5.91. The smallest absolute Gasteiger partial charge is 0.306 e. The molecule has 0 spiro atoms. The van der Waals surface area contributed by atoms with Crippen LogP contribution < -0.4 is 4.74 Å². The molecule has 2 heterocycles. The number of carbonyl (C=O) groups excluding carboxylic acids is 1. The van der Waals surface area contributed by atoms with E-state index in [9.17, 15) is 14.7 Å². The molecule has 1 aromatic carbocycles. The number of fused-ring (bicyclic) bond motifs is 1. The minimum absolute atomic E-state index is 0.0282. The lowest BCUT2D eigenvalue weighted by Crippen LogP contribution is -2.46. The molecule has 0 radical (unpaired) electrons. The lowest BCUT2D eigenvalue weighted by atomic mass is 9.86.